The Morgan fingerprint density at radius 1 is 0.417 bits per heavy atom. The van der Waals surface area contributed by atoms with Crippen molar-refractivity contribution in [1.29, 1.82) is 0 Å². The summed E-state index contributed by atoms with van der Waals surface area (Å²) in [7, 11) is 8.28. The average Bonchev–Trinajstić information content (AvgIpc) is 4.11. The molecule has 1 N–H and O–H groups in total. The highest BCUT2D eigenvalue weighted by molar-refractivity contribution is 7.24. The number of nitrogens with one attached hydrogen (secondary N) is 1. The molecular formula is C52H41N7S+4. The second kappa shape index (κ2) is 14.1. The van der Waals surface area contributed by atoms with Crippen molar-refractivity contribution in [3.8, 4) is 44.5 Å². The predicted molar refractivity (Wildman–Crippen MR) is 244 cm³/mol. The van der Waals surface area contributed by atoms with Crippen LogP contribution >= 0.6 is 11.3 Å². The highest BCUT2D eigenvalue weighted by Gasteiger charge is 2.21. The number of thiophene rings is 1. The zero-order chi connectivity index (χ0) is 40.5. The van der Waals surface area contributed by atoms with Crippen LogP contribution in [0.3, 0.4) is 0 Å². The first-order valence-electron chi connectivity index (χ1n) is 20.1. The summed E-state index contributed by atoms with van der Waals surface area (Å²) >= 11 is 1.79. The van der Waals surface area contributed by atoms with E-state index in [0.717, 1.165) is 87.7 Å². The Kier molecular flexibility index (Phi) is 8.42. The van der Waals surface area contributed by atoms with Crippen LogP contribution in [0, 0.1) is 0 Å². The molecule has 0 spiro atoms. The molecular weight excluding hydrogens is 755 g/mol. The fraction of sp³-hybridized carbons (Fsp3) is 0.0769. The van der Waals surface area contributed by atoms with Crippen LogP contribution < -0.4 is 18.3 Å². The van der Waals surface area contributed by atoms with Crippen LogP contribution in [0.2, 0.25) is 0 Å². The van der Waals surface area contributed by atoms with Crippen LogP contribution in [-0.4, -0.2) is 15.0 Å². The van der Waals surface area contributed by atoms with Gasteiger partial charge in [0.05, 0.1) is 22.8 Å². The number of pyridine rings is 4. The largest absolute Gasteiger partial charge is 0.354 e. The summed E-state index contributed by atoms with van der Waals surface area (Å²) < 4.78 is 10.7. The Bertz CT molecular complexity index is 3240. The average molecular weight is 796 g/mol. The highest BCUT2D eigenvalue weighted by Crippen LogP contribution is 2.42. The second-order valence-corrected chi connectivity index (χ2v) is 16.8. The molecule has 9 aromatic rings. The van der Waals surface area contributed by atoms with Crippen LogP contribution in [-0.2, 0) is 28.2 Å². The molecule has 2 aliphatic heterocycles. The number of aromatic nitrogens is 7. The van der Waals surface area contributed by atoms with Crippen molar-refractivity contribution < 1.29 is 18.3 Å². The number of benzene rings is 2. The monoisotopic (exact) mass is 795 g/mol. The van der Waals surface area contributed by atoms with E-state index >= 15 is 0 Å². The van der Waals surface area contributed by atoms with E-state index in [4.69, 9.17) is 9.97 Å². The van der Waals surface area contributed by atoms with Crippen LogP contribution in [0.25, 0.3) is 111 Å². The van der Waals surface area contributed by atoms with E-state index in [1.54, 1.807) is 11.3 Å². The molecule has 0 aliphatic carbocycles. The molecule has 0 unspecified atom stereocenters. The summed E-state index contributed by atoms with van der Waals surface area (Å²) in [5, 5.41) is 2.35. The number of rotatable bonds is 4. The minimum Gasteiger partial charge on any atom is -0.354 e. The topological polar surface area (TPSA) is 57.1 Å². The van der Waals surface area contributed by atoms with E-state index in [9.17, 15) is 0 Å². The van der Waals surface area contributed by atoms with Gasteiger partial charge >= 0.3 is 0 Å². The fourth-order valence-corrected chi connectivity index (χ4v) is 9.83. The maximum Gasteiger partial charge on any atom is 0.212 e. The third-order valence-corrected chi connectivity index (χ3v) is 12.8. The lowest BCUT2D eigenvalue weighted by atomic mass is 10.0. The van der Waals surface area contributed by atoms with Gasteiger partial charge in [-0.25, -0.2) is 28.2 Å². The molecule has 0 fully saturated rings. The molecule has 60 heavy (non-hydrogen) atoms. The van der Waals surface area contributed by atoms with E-state index < -0.39 is 0 Å². The maximum absolute atomic E-state index is 5.53. The van der Waals surface area contributed by atoms with Gasteiger partial charge in [0.2, 0.25) is 11.0 Å². The van der Waals surface area contributed by atoms with E-state index in [0.29, 0.717) is 0 Å². The number of H-pyrrole nitrogens is 1. The van der Waals surface area contributed by atoms with E-state index in [1.165, 1.54) is 21.8 Å². The van der Waals surface area contributed by atoms with Gasteiger partial charge in [0.1, 0.15) is 28.2 Å². The molecule has 0 saturated heterocycles. The quantitative estimate of drug-likeness (QED) is 0.181. The lowest BCUT2D eigenvalue weighted by Gasteiger charge is -2.07. The normalized spacial score (nSPS) is 12.2. The van der Waals surface area contributed by atoms with Crippen molar-refractivity contribution in [2.24, 2.45) is 28.2 Å². The van der Waals surface area contributed by atoms with Gasteiger partial charge in [-0.1, -0.05) is 0 Å². The van der Waals surface area contributed by atoms with E-state index in [1.807, 2.05) is 14.1 Å². The summed E-state index contributed by atoms with van der Waals surface area (Å²) in [5.74, 6) is 0. The molecule has 9 heterocycles. The van der Waals surface area contributed by atoms with Gasteiger partial charge in [-0.3, -0.25) is 0 Å². The second-order valence-electron chi connectivity index (χ2n) is 15.7. The Hall–Kier alpha value is -7.42. The third kappa shape index (κ3) is 6.12. The smallest absolute Gasteiger partial charge is 0.212 e. The molecule has 0 amide bonds. The molecule has 2 aliphatic rings. The third-order valence-electron chi connectivity index (χ3n) is 11.7. The summed E-state index contributed by atoms with van der Waals surface area (Å²) in [6.07, 6.45) is 21.3. The lowest BCUT2D eigenvalue weighted by Crippen LogP contribution is -2.27. The molecule has 7 aromatic heterocycles. The number of hydrogen-bond donors (Lipinski definition) is 1. The van der Waals surface area contributed by atoms with Gasteiger partial charge in [-0.15, -0.1) is 11.3 Å². The zero-order valence-electron chi connectivity index (χ0n) is 33.8. The van der Waals surface area contributed by atoms with Gasteiger partial charge in [0.25, 0.3) is 0 Å². The first kappa shape index (κ1) is 35.7. The molecule has 8 bridgehead atoms. The van der Waals surface area contributed by atoms with Crippen LogP contribution in [0.5, 0.6) is 0 Å². The molecule has 0 atom stereocenters. The minimum absolute atomic E-state index is 0.902. The van der Waals surface area contributed by atoms with E-state index in [-0.39, 0.29) is 0 Å². The van der Waals surface area contributed by atoms with Gasteiger partial charge < -0.3 is 4.98 Å². The van der Waals surface area contributed by atoms with Gasteiger partial charge in [0, 0.05) is 102 Å². The van der Waals surface area contributed by atoms with Crippen molar-refractivity contribution in [2.45, 2.75) is 0 Å². The van der Waals surface area contributed by atoms with Crippen LogP contribution in [0.4, 0.5) is 0 Å². The molecule has 286 valence electrons. The first-order chi connectivity index (χ1) is 29.3. The SMILES string of the molecule is C[n+]1ccc(-c2c3nc(c(-c4ccc5c(ccc[n+]5C)c4)c4ccc(s4)c(-c4ccc5c(ccc[n+]5C)c4)c4nc(c(-c5cc[n+](C)cc5)c5ccc2[nH]5)C=C4)C=C3)cc1. The maximum atomic E-state index is 5.53. The van der Waals surface area contributed by atoms with Gasteiger partial charge in [-0.05, 0) is 107 Å². The van der Waals surface area contributed by atoms with E-state index in [2.05, 4.69) is 208 Å². The van der Waals surface area contributed by atoms with Crippen molar-refractivity contribution >= 4 is 77.9 Å². The number of aryl methyl sites for hydroxylation is 4. The lowest BCUT2D eigenvalue weighted by molar-refractivity contribution is -0.671. The number of nitrogens with zero attached hydrogens (tertiary/aromatic N) is 6. The fourth-order valence-electron chi connectivity index (χ4n) is 8.67. The summed E-state index contributed by atoms with van der Waals surface area (Å²) in [6, 6.07) is 39.7. The summed E-state index contributed by atoms with van der Waals surface area (Å²) in [5.41, 5.74) is 16.6. The Balaban J connectivity index is 1.30. The molecule has 11 rings (SSSR count). The van der Waals surface area contributed by atoms with Gasteiger partial charge in [0.15, 0.2) is 37.2 Å². The molecule has 8 heteroatoms. The summed E-state index contributed by atoms with van der Waals surface area (Å²) in [6.45, 7) is 0. The number of aromatic amines is 1. The predicted octanol–water partition coefficient (Wildman–Crippen LogP) is 9.66. The van der Waals surface area contributed by atoms with Crippen molar-refractivity contribution in [3.05, 3.63) is 169 Å². The highest BCUT2D eigenvalue weighted by atomic mass is 32.1. The summed E-state index contributed by atoms with van der Waals surface area (Å²) in [4.78, 5) is 14.9. The minimum atomic E-state index is 0.902. The Morgan fingerprint density at radius 3 is 1.27 bits per heavy atom. The standard InChI is InChI=1S/C52H40N7S/c1-56-27-21-33(22-28-56)49-39-11-12-40(53-39)50(34-23-29-57(2)30-24-34)42-14-16-44(55-42)52(38-10-18-46-36(32-38)8-6-26-59(46)4)48-20-19-47(60-48)51(43-15-13-41(49)54-43)37-9-17-45-35(31-37)7-5-25-58(45)3/h5-32H,1-4H3/q+3/p+1. The Morgan fingerprint density at radius 2 is 0.833 bits per heavy atom. The van der Waals surface area contributed by atoms with Crippen LogP contribution in [0.15, 0.2) is 146 Å². The van der Waals surface area contributed by atoms with Crippen molar-refractivity contribution in [3.63, 3.8) is 0 Å². The molecule has 0 saturated carbocycles. The van der Waals surface area contributed by atoms with Crippen molar-refractivity contribution in [2.75, 3.05) is 0 Å². The van der Waals surface area contributed by atoms with Crippen molar-refractivity contribution in [1.82, 2.24) is 15.0 Å². The molecule has 2 aromatic carbocycles. The van der Waals surface area contributed by atoms with Crippen LogP contribution in [0.1, 0.15) is 22.8 Å². The molecule has 7 nitrogen and oxygen atoms in total. The number of hydrogen-bond acceptors (Lipinski definition) is 3. The number of fused-ring (bicyclic) bond motifs is 10. The Labute approximate surface area is 351 Å². The molecule has 0 radical (unpaired) electrons. The first-order valence-corrected chi connectivity index (χ1v) is 20.9. The zero-order valence-corrected chi connectivity index (χ0v) is 34.6. The van der Waals surface area contributed by atoms with Gasteiger partial charge in [-0.2, -0.15) is 0 Å².